The zero-order valence-electron chi connectivity index (χ0n) is 9.03. The van der Waals surface area contributed by atoms with Crippen LogP contribution in [-0.4, -0.2) is 12.6 Å². The van der Waals surface area contributed by atoms with Gasteiger partial charge in [-0.3, -0.25) is 0 Å². The Balaban J connectivity index is 1.88. The molecule has 0 bridgehead atoms. The summed E-state index contributed by atoms with van der Waals surface area (Å²) >= 11 is 0. The number of hydrogen-bond acceptors (Lipinski definition) is 2. The highest BCUT2D eigenvalue weighted by Gasteiger charge is 2.41. The summed E-state index contributed by atoms with van der Waals surface area (Å²) < 4.78 is 5.31. The molecule has 1 aliphatic rings. The third-order valence-corrected chi connectivity index (χ3v) is 3.23. The highest BCUT2D eigenvalue weighted by atomic mass is 16.5. The number of hydrogen-bond donors (Lipinski definition) is 0. The van der Waals surface area contributed by atoms with Gasteiger partial charge in [-0.2, -0.15) is 0 Å². The minimum Gasteiger partial charge on any atom is -0.462 e. The Morgan fingerprint density at radius 1 is 1.33 bits per heavy atom. The zero-order valence-corrected chi connectivity index (χ0v) is 9.03. The van der Waals surface area contributed by atoms with Gasteiger partial charge in [0.2, 0.25) is 0 Å². The first kappa shape index (κ1) is 10.2. The molecule has 0 aliphatic heterocycles. The molecule has 0 saturated heterocycles. The minimum absolute atomic E-state index is 0.199. The van der Waals surface area contributed by atoms with E-state index in [-0.39, 0.29) is 5.97 Å². The maximum absolute atomic E-state index is 11.6. The molecule has 2 nitrogen and oxygen atoms in total. The molecule has 1 fully saturated rings. The van der Waals surface area contributed by atoms with Gasteiger partial charge in [0.05, 0.1) is 12.2 Å². The highest BCUT2D eigenvalue weighted by molar-refractivity contribution is 5.89. The monoisotopic (exact) mass is 204 g/mol. The fraction of sp³-hybridized carbons (Fsp3) is 0.462. The summed E-state index contributed by atoms with van der Waals surface area (Å²) in [5, 5.41) is 0. The Kier molecular flexibility index (Phi) is 2.76. The zero-order chi connectivity index (χ0) is 10.7. The lowest BCUT2D eigenvalue weighted by Gasteiger charge is -2.12. The van der Waals surface area contributed by atoms with E-state index in [0.717, 1.165) is 6.42 Å². The van der Waals surface area contributed by atoms with E-state index >= 15 is 0 Å². The summed E-state index contributed by atoms with van der Waals surface area (Å²) in [7, 11) is 0. The lowest BCUT2D eigenvalue weighted by molar-refractivity contribution is 0.0413. The number of carbonyl (C=O) groups excluding carboxylic acids is 1. The fourth-order valence-corrected chi connectivity index (χ4v) is 1.65. The topological polar surface area (TPSA) is 26.3 Å². The standard InChI is InChI=1S/C13H16O2/c1-2-13(8-9-13)10-15-12(14)11-6-4-3-5-7-11/h3-7H,2,8-10H2,1H3. The van der Waals surface area contributed by atoms with Gasteiger partial charge in [0.1, 0.15) is 0 Å². The number of ether oxygens (including phenoxy) is 1. The maximum atomic E-state index is 11.6. The predicted molar refractivity (Wildman–Crippen MR) is 58.7 cm³/mol. The Labute approximate surface area is 90.3 Å². The van der Waals surface area contributed by atoms with E-state index < -0.39 is 0 Å². The van der Waals surface area contributed by atoms with Gasteiger partial charge in [0.25, 0.3) is 0 Å². The Hall–Kier alpha value is -1.31. The molecule has 0 atom stereocenters. The van der Waals surface area contributed by atoms with Gasteiger partial charge in [-0.1, -0.05) is 25.1 Å². The number of rotatable bonds is 4. The van der Waals surface area contributed by atoms with Crippen molar-refractivity contribution in [3.63, 3.8) is 0 Å². The first-order valence-corrected chi connectivity index (χ1v) is 5.48. The summed E-state index contributed by atoms with van der Waals surface area (Å²) in [5.41, 5.74) is 0.953. The molecule has 0 spiro atoms. The first-order chi connectivity index (χ1) is 7.26. The SMILES string of the molecule is CCC1(COC(=O)c2ccccc2)CC1. The van der Waals surface area contributed by atoms with Crippen LogP contribution >= 0.6 is 0 Å². The van der Waals surface area contributed by atoms with Gasteiger partial charge < -0.3 is 4.74 Å². The van der Waals surface area contributed by atoms with Crippen LogP contribution in [-0.2, 0) is 4.74 Å². The Bertz CT molecular complexity index is 339. The number of benzene rings is 1. The maximum Gasteiger partial charge on any atom is 0.338 e. The molecular weight excluding hydrogens is 188 g/mol. The molecule has 0 amide bonds. The van der Waals surface area contributed by atoms with E-state index in [1.165, 1.54) is 12.8 Å². The van der Waals surface area contributed by atoms with E-state index in [1.54, 1.807) is 12.1 Å². The second kappa shape index (κ2) is 4.05. The van der Waals surface area contributed by atoms with Crippen molar-refractivity contribution >= 4 is 5.97 Å². The van der Waals surface area contributed by atoms with Crippen molar-refractivity contribution in [3.8, 4) is 0 Å². The predicted octanol–water partition coefficient (Wildman–Crippen LogP) is 3.03. The van der Waals surface area contributed by atoms with Gasteiger partial charge in [0.15, 0.2) is 0 Å². The largest absolute Gasteiger partial charge is 0.462 e. The Morgan fingerprint density at radius 2 is 2.00 bits per heavy atom. The molecule has 0 heterocycles. The van der Waals surface area contributed by atoms with E-state index in [1.807, 2.05) is 18.2 Å². The van der Waals surface area contributed by atoms with Crippen molar-refractivity contribution in [2.45, 2.75) is 26.2 Å². The van der Waals surface area contributed by atoms with Gasteiger partial charge >= 0.3 is 5.97 Å². The quantitative estimate of drug-likeness (QED) is 0.705. The molecule has 2 heteroatoms. The summed E-state index contributed by atoms with van der Waals surface area (Å²) in [6.07, 6.45) is 3.51. The highest BCUT2D eigenvalue weighted by Crippen LogP contribution is 2.48. The fourth-order valence-electron chi connectivity index (χ4n) is 1.65. The van der Waals surface area contributed by atoms with Crippen LogP contribution in [0.1, 0.15) is 36.5 Å². The van der Waals surface area contributed by atoms with E-state index in [4.69, 9.17) is 4.74 Å². The van der Waals surface area contributed by atoms with Crippen LogP contribution in [0.5, 0.6) is 0 Å². The summed E-state index contributed by atoms with van der Waals surface area (Å²) in [6.45, 7) is 2.74. The van der Waals surface area contributed by atoms with Crippen LogP contribution in [0.25, 0.3) is 0 Å². The molecule has 0 N–H and O–H groups in total. The third kappa shape index (κ3) is 2.38. The third-order valence-electron chi connectivity index (χ3n) is 3.23. The average molecular weight is 204 g/mol. The average Bonchev–Trinajstić information content (AvgIpc) is 3.08. The van der Waals surface area contributed by atoms with Crippen molar-refractivity contribution in [1.82, 2.24) is 0 Å². The molecule has 0 unspecified atom stereocenters. The molecule has 1 aliphatic carbocycles. The van der Waals surface area contributed by atoms with Gasteiger partial charge in [-0.15, -0.1) is 0 Å². The molecule has 0 aromatic heterocycles. The van der Waals surface area contributed by atoms with Crippen molar-refractivity contribution in [2.24, 2.45) is 5.41 Å². The smallest absolute Gasteiger partial charge is 0.338 e. The van der Waals surface area contributed by atoms with Gasteiger partial charge in [-0.05, 0) is 31.4 Å². The van der Waals surface area contributed by atoms with Crippen molar-refractivity contribution in [2.75, 3.05) is 6.61 Å². The van der Waals surface area contributed by atoms with Crippen molar-refractivity contribution in [1.29, 1.82) is 0 Å². The Morgan fingerprint density at radius 3 is 2.53 bits per heavy atom. The number of esters is 1. The van der Waals surface area contributed by atoms with Crippen LogP contribution in [0, 0.1) is 5.41 Å². The van der Waals surface area contributed by atoms with Crippen LogP contribution in [0.4, 0.5) is 0 Å². The van der Waals surface area contributed by atoms with Crippen molar-refractivity contribution in [3.05, 3.63) is 35.9 Å². The normalized spacial score (nSPS) is 17.1. The molecule has 1 aromatic rings. The van der Waals surface area contributed by atoms with E-state index in [2.05, 4.69) is 6.92 Å². The van der Waals surface area contributed by atoms with Gasteiger partial charge in [-0.25, -0.2) is 4.79 Å². The van der Waals surface area contributed by atoms with Gasteiger partial charge in [0, 0.05) is 5.41 Å². The molecule has 2 rings (SSSR count). The number of carbonyl (C=O) groups is 1. The van der Waals surface area contributed by atoms with E-state index in [9.17, 15) is 4.79 Å². The molecule has 1 aromatic carbocycles. The van der Waals surface area contributed by atoms with Crippen LogP contribution in [0.2, 0.25) is 0 Å². The molecule has 80 valence electrons. The molecule has 0 radical (unpaired) electrons. The van der Waals surface area contributed by atoms with Crippen molar-refractivity contribution < 1.29 is 9.53 Å². The summed E-state index contributed by atoms with van der Waals surface area (Å²) in [6, 6.07) is 9.17. The lowest BCUT2D eigenvalue weighted by Crippen LogP contribution is -2.14. The molecule has 15 heavy (non-hydrogen) atoms. The van der Waals surface area contributed by atoms with Crippen LogP contribution < -0.4 is 0 Å². The van der Waals surface area contributed by atoms with E-state index in [0.29, 0.717) is 17.6 Å². The first-order valence-electron chi connectivity index (χ1n) is 5.48. The molecular formula is C13H16O2. The summed E-state index contributed by atoms with van der Waals surface area (Å²) in [5.74, 6) is -0.199. The second-order valence-electron chi connectivity index (χ2n) is 4.30. The summed E-state index contributed by atoms with van der Waals surface area (Å²) in [4.78, 5) is 11.6. The lowest BCUT2D eigenvalue weighted by atomic mass is 10.1. The minimum atomic E-state index is -0.199. The second-order valence-corrected chi connectivity index (χ2v) is 4.30. The van der Waals surface area contributed by atoms with Crippen LogP contribution in [0.3, 0.4) is 0 Å². The molecule has 1 saturated carbocycles. The van der Waals surface area contributed by atoms with Crippen LogP contribution in [0.15, 0.2) is 30.3 Å².